The van der Waals surface area contributed by atoms with E-state index in [1.165, 1.54) is 29.8 Å². The number of nitrogens with zero attached hydrogens (tertiary/aromatic N) is 2. The van der Waals surface area contributed by atoms with Crippen molar-refractivity contribution in [3.8, 4) is 0 Å². The van der Waals surface area contributed by atoms with Gasteiger partial charge in [-0.1, -0.05) is 54.6 Å². The SMILES string of the molecule is CCOC(=O)C1CN(Cc2ccccc2)CCN1CCCC(c1ccc(F)cc1)c1ccc(F)cc1. The lowest BCUT2D eigenvalue weighted by atomic mass is 9.87. The molecule has 1 saturated heterocycles. The third kappa shape index (κ3) is 6.99. The van der Waals surface area contributed by atoms with E-state index in [0.29, 0.717) is 13.2 Å². The molecule has 3 aromatic carbocycles. The first-order valence-corrected chi connectivity index (χ1v) is 12.7. The van der Waals surface area contributed by atoms with Crippen LogP contribution in [0.25, 0.3) is 0 Å². The van der Waals surface area contributed by atoms with E-state index in [4.69, 9.17) is 4.74 Å². The number of ether oxygens (including phenoxy) is 1. The first-order chi connectivity index (χ1) is 17.5. The summed E-state index contributed by atoms with van der Waals surface area (Å²) in [6, 6.07) is 23.0. The lowest BCUT2D eigenvalue weighted by Gasteiger charge is -2.40. The van der Waals surface area contributed by atoms with Crippen LogP contribution < -0.4 is 0 Å². The Labute approximate surface area is 212 Å². The third-order valence-electron chi connectivity index (χ3n) is 6.87. The summed E-state index contributed by atoms with van der Waals surface area (Å²) in [5.41, 5.74) is 3.23. The van der Waals surface area contributed by atoms with Gasteiger partial charge in [0, 0.05) is 32.1 Å². The van der Waals surface area contributed by atoms with E-state index in [9.17, 15) is 13.6 Å². The predicted molar refractivity (Wildman–Crippen MR) is 138 cm³/mol. The number of benzene rings is 3. The summed E-state index contributed by atoms with van der Waals surface area (Å²) < 4.78 is 32.5. The molecule has 1 aliphatic rings. The summed E-state index contributed by atoms with van der Waals surface area (Å²) in [5, 5.41) is 0. The summed E-state index contributed by atoms with van der Waals surface area (Å²) >= 11 is 0. The summed E-state index contributed by atoms with van der Waals surface area (Å²) in [6.45, 7) is 6.05. The molecular weight excluding hydrogens is 458 g/mol. The normalized spacial score (nSPS) is 16.8. The molecule has 0 bridgehead atoms. The number of carbonyl (C=O) groups is 1. The lowest BCUT2D eigenvalue weighted by Crippen LogP contribution is -2.56. The molecule has 6 heteroatoms. The molecule has 3 aromatic rings. The number of carbonyl (C=O) groups excluding carboxylic acids is 1. The average Bonchev–Trinajstić information content (AvgIpc) is 2.89. The second kappa shape index (κ2) is 12.7. The molecule has 4 nitrogen and oxygen atoms in total. The zero-order valence-corrected chi connectivity index (χ0v) is 20.8. The maximum atomic E-state index is 13.5. The quantitative estimate of drug-likeness (QED) is 0.344. The van der Waals surface area contributed by atoms with Crippen LogP contribution in [0.5, 0.6) is 0 Å². The van der Waals surface area contributed by atoms with E-state index >= 15 is 0 Å². The van der Waals surface area contributed by atoms with Gasteiger partial charge in [-0.25, -0.2) is 8.78 Å². The maximum absolute atomic E-state index is 13.5. The van der Waals surface area contributed by atoms with Crippen molar-refractivity contribution in [1.82, 2.24) is 9.80 Å². The van der Waals surface area contributed by atoms with Crippen LogP contribution in [0.2, 0.25) is 0 Å². The van der Waals surface area contributed by atoms with Crippen molar-refractivity contribution in [2.75, 3.05) is 32.8 Å². The number of halogens is 2. The van der Waals surface area contributed by atoms with Crippen molar-refractivity contribution in [1.29, 1.82) is 0 Å². The van der Waals surface area contributed by atoms with Crippen molar-refractivity contribution in [3.05, 3.63) is 107 Å². The third-order valence-corrected chi connectivity index (χ3v) is 6.87. The Kier molecular flexibility index (Phi) is 9.20. The van der Waals surface area contributed by atoms with Crippen LogP contribution in [0.4, 0.5) is 8.78 Å². The van der Waals surface area contributed by atoms with E-state index in [-0.39, 0.29) is 29.6 Å². The molecule has 0 aromatic heterocycles. The van der Waals surface area contributed by atoms with E-state index in [2.05, 4.69) is 21.9 Å². The fourth-order valence-corrected chi connectivity index (χ4v) is 5.01. The molecule has 1 unspecified atom stereocenters. The van der Waals surface area contributed by atoms with Gasteiger partial charge in [-0.15, -0.1) is 0 Å². The van der Waals surface area contributed by atoms with Crippen molar-refractivity contribution in [2.24, 2.45) is 0 Å². The smallest absolute Gasteiger partial charge is 0.324 e. The first-order valence-electron chi connectivity index (χ1n) is 12.7. The van der Waals surface area contributed by atoms with Gasteiger partial charge in [0.2, 0.25) is 0 Å². The average molecular weight is 493 g/mol. The van der Waals surface area contributed by atoms with Crippen LogP contribution in [0.3, 0.4) is 0 Å². The maximum Gasteiger partial charge on any atom is 0.324 e. The highest BCUT2D eigenvalue weighted by Gasteiger charge is 2.33. The van der Waals surface area contributed by atoms with Crippen molar-refractivity contribution in [3.63, 3.8) is 0 Å². The highest BCUT2D eigenvalue weighted by atomic mass is 19.1. The van der Waals surface area contributed by atoms with E-state index in [1.807, 2.05) is 25.1 Å². The summed E-state index contributed by atoms with van der Waals surface area (Å²) in [6.07, 6.45) is 1.64. The minimum atomic E-state index is -0.308. The Hall–Kier alpha value is -3.09. The fourth-order valence-electron chi connectivity index (χ4n) is 5.01. The molecule has 0 N–H and O–H groups in total. The second-order valence-corrected chi connectivity index (χ2v) is 9.32. The molecule has 1 aliphatic heterocycles. The van der Waals surface area contributed by atoms with E-state index in [1.54, 1.807) is 24.3 Å². The van der Waals surface area contributed by atoms with Gasteiger partial charge in [-0.2, -0.15) is 0 Å². The minimum Gasteiger partial charge on any atom is -0.465 e. The Bertz CT molecular complexity index is 1040. The van der Waals surface area contributed by atoms with Crippen LogP contribution in [-0.2, 0) is 16.1 Å². The molecule has 0 aliphatic carbocycles. The zero-order valence-electron chi connectivity index (χ0n) is 20.8. The molecule has 1 fully saturated rings. The Morgan fingerprint density at radius 3 is 2.11 bits per heavy atom. The van der Waals surface area contributed by atoms with Gasteiger partial charge in [0.25, 0.3) is 0 Å². The van der Waals surface area contributed by atoms with Gasteiger partial charge >= 0.3 is 5.97 Å². The van der Waals surface area contributed by atoms with Crippen LogP contribution in [0, 0.1) is 11.6 Å². The van der Waals surface area contributed by atoms with Gasteiger partial charge in [-0.3, -0.25) is 14.6 Å². The van der Waals surface area contributed by atoms with Crippen LogP contribution in [0.15, 0.2) is 78.9 Å². The molecule has 0 radical (unpaired) electrons. The van der Waals surface area contributed by atoms with Gasteiger partial charge in [-0.05, 0) is 67.3 Å². The number of hydrogen-bond acceptors (Lipinski definition) is 4. The summed E-state index contributed by atoms with van der Waals surface area (Å²) in [4.78, 5) is 17.4. The molecule has 36 heavy (non-hydrogen) atoms. The Balaban J connectivity index is 1.42. The largest absolute Gasteiger partial charge is 0.465 e. The van der Waals surface area contributed by atoms with E-state index in [0.717, 1.165) is 50.1 Å². The molecule has 1 heterocycles. The predicted octanol–water partition coefficient (Wildman–Crippen LogP) is 5.63. The molecule has 0 spiro atoms. The second-order valence-electron chi connectivity index (χ2n) is 9.32. The van der Waals surface area contributed by atoms with Crippen molar-refractivity contribution < 1.29 is 18.3 Å². The zero-order chi connectivity index (χ0) is 25.3. The standard InChI is InChI=1S/C30H34F2N2O2/c1-2-36-30(35)29-22-33(21-23-7-4-3-5-8-23)19-20-34(29)18-6-9-28(24-10-14-26(31)15-11-24)25-12-16-27(32)17-13-25/h3-5,7-8,10-17,28-29H,2,6,9,18-22H2,1H3. The van der Waals surface area contributed by atoms with Gasteiger partial charge in [0.15, 0.2) is 0 Å². The Morgan fingerprint density at radius 2 is 1.53 bits per heavy atom. The lowest BCUT2D eigenvalue weighted by molar-refractivity contribution is -0.152. The summed E-state index contributed by atoms with van der Waals surface area (Å²) in [5.74, 6) is -0.708. The Morgan fingerprint density at radius 1 is 0.917 bits per heavy atom. The van der Waals surface area contributed by atoms with Crippen molar-refractivity contribution in [2.45, 2.75) is 38.3 Å². The van der Waals surface area contributed by atoms with Gasteiger partial charge in [0.05, 0.1) is 6.61 Å². The van der Waals surface area contributed by atoms with Gasteiger partial charge in [0.1, 0.15) is 17.7 Å². The molecule has 190 valence electrons. The van der Waals surface area contributed by atoms with Crippen LogP contribution in [0.1, 0.15) is 42.4 Å². The fraction of sp³-hybridized carbons (Fsp3) is 0.367. The number of piperazine rings is 1. The highest BCUT2D eigenvalue weighted by molar-refractivity contribution is 5.76. The van der Waals surface area contributed by atoms with Crippen molar-refractivity contribution >= 4 is 5.97 Å². The number of hydrogen-bond donors (Lipinski definition) is 0. The topological polar surface area (TPSA) is 32.8 Å². The summed E-state index contributed by atoms with van der Waals surface area (Å²) in [7, 11) is 0. The van der Waals surface area contributed by atoms with E-state index < -0.39 is 0 Å². The molecular formula is C30H34F2N2O2. The highest BCUT2D eigenvalue weighted by Crippen LogP contribution is 2.30. The number of rotatable bonds is 10. The molecule has 1 atom stereocenters. The first kappa shape index (κ1) is 26.0. The van der Waals surface area contributed by atoms with Gasteiger partial charge < -0.3 is 4.74 Å². The molecule has 4 rings (SSSR count). The van der Waals surface area contributed by atoms with Crippen LogP contribution in [-0.4, -0.2) is 54.6 Å². The number of esters is 1. The molecule has 0 amide bonds. The minimum absolute atomic E-state index is 0.0200. The molecule has 0 saturated carbocycles. The van der Waals surface area contributed by atoms with Crippen LogP contribution >= 0.6 is 0 Å². The monoisotopic (exact) mass is 492 g/mol.